The van der Waals surface area contributed by atoms with Crippen molar-refractivity contribution in [3.63, 3.8) is 0 Å². The number of nitrogens with one attached hydrogen (secondary N) is 1. The van der Waals surface area contributed by atoms with Crippen LogP contribution in [0.4, 0.5) is 5.69 Å². The zero-order valence-corrected chi connectivity index (χ0v) is 11.2. The van der Waals surface area contributed by atoms with Crippen molar-refractivity contribution in [3.8, 4) is 0 Å². The lowest BCUT2D eigenvalue weighted by atomic mass is 9.93. The molecule has 0 bridgehead atoms. The van der Waals surface area contributed by atoms with Crippen molar-refractivity contribution >= 4 is 23.2 Å². The minimum absolute atomic E-state index is 0.119. The number of amides is 1. The van der Waals surface area contributed by atoms with Crippen LogP contribution >= 0.6 is 11.6 Å². The second-order valence-corrected chi connectivity index (χ2v) is 5.88. The van der Waals surface area contributed by atoms with E-state index in [1.165, 1.54) is 36.8 Å². The van der Waals surface area contributed by atoms with Crippen LogP contribution in [0, 0.1) is 5.92 Å². The number of fused-ring (bicyclic) bond motifs is 1. The van der Waals surface area contributed by atoms with E-state index < -0.39 is 0 Å². The zero-order chi connectivity index (χ0) is 12.5. The minimum atomic E-state index is 0.119. The van der Waals surface area contributed by atoms with Gasteiger partial charge in [0.05, 0.1) is 5.38 Å². The van der Waals surface area contributed by atoms with Gasteiger partial charge in [-0.3, -0.25) is 4.79 Å². The Labute approximate surface area is 113 Å². The molecule has 1 saturated carbocycles. The van der Waals surface area contributed by atoms with E-state index in [1.54, 1.807) is 0 Å². The highest BCUT2D eigenvalue weighted by molar-refractivity contribution is 6.21. The highest BCUT2D eigenvalue weighted by atomic mass is 35.5. The van der Waals surface area contributed by atoms with Crippen LogP contribution in [0.5, 0.6) is 0 Å². The Balaban J connectivity index is 1.83. The molecule has 1 unspecified atom stereocenters. The molecule has 0 aromatic heterocycles. The number of carbonyl (C=O) groups is 1. The predicted molar refractivity (Wildman–Crippen MR) is 73.9 cm³/mol. The van der Waals surface area contributed by atoms with E-state index in [4.69, 9.17) is 11.6 Å². The van der Waals surface area contributed by atoms with Crippen molar-refractivity contribution in [1.29, 1.82) is 0 Å². The van der Waals surface area contributed by atoms with E-state index >= 15 is 0 Å². The van der Waals surface area contributed by atoms with Crippen LogP contribution in [-0.2, 0) is 11.2 Å². The zero-order valence-electron chi connectivity index (χ0n) is 10.4. The number of hydrogen-bond acceptors (Lipinski definition) is 1. The first-order valence-electron chi connectivity index (χ1n) is 6.81. The number of carbonyl (C=O) groups excluding carboxylic acids is 1. The summed E-state index contributed by atoms with van der Waals surface area (Å²) in [5, 5.41) is 3.05. The molecule has 3 heteroatoms. The summed E-state index contributed by atoms with van der Waals surface area (Å²) >= 11 is 6.60. The Morgan fingerprint density at radius 3 is 2.78 bits per heavy atom. The standard InChI is InChI=1S/C15H18ClNO/c16-15(10-3-1-2-4-10)12-5-7-13-11(9-12)6-8-14(18)17-13/h5,7,9-10,15H,1-4,6,8H2,(H,17,18). The van der Waals surface area contributed by atoms with E-state index in [0.29, 0.717) is 12.3 Å². The average Bonchev–Trinajstić information content (AvgIpc) is 2.91. The number of halogens is 1. The van der Waals surface area contributed by atoms with Gasteiger partial charge in [0, 0.05) is 12.1 Å². The summed E-state index contributed by atoms with van der Waals surface area (Å²) in [7, 11) is 0. The van der Waals surface area contributed by atoms with Gasteiger partial charge < -0.3 is 5.32 Å². The molecule has 2 aliphatic rings. The van der Waals surface area contributed by atoms with Gasteiger partial charge in [-0.25, -0.2) is 0 Å². The average molecular weight is 264 g/mol. The highest BCUT2D eigenvalue weighted by Gasteiger charge is 2.25. The monoisotopic (exact) mass is 263 g/mol. The van der Waals surface area contributed by atoms with Gasteiger partial charge in [0.25, 0.3) is 0 Å². The first-order chi connectivity index (χ1) is 8.74. The van der Waals surface area contributed by atoms with E-state index in [1.807, 2.05) is 6.07 Å². The summed E-state index contributed by atoms with van der Waals surface area (Å²) in [4.78, 5) is 11.3. The van der Waals surface area contributed by atoms with Gasteiger partial charge in [0.2, 0.25) is 5.91 Å². The van der Waals surface area contributed by atoms with Gasteiger partial charge in [0.15, 0.2) is 0 Å². The summed E-state index contributed by atoms with van der Waals surface area (Å²) in [5.74, 6) is 0.747. The SMILES string of the molecule is O=C1CCc2cc(C(Cl)C3CCCC3)ccc2N1. The molecule has 1 aliphatic carbocycles. The third-order valence-electron chi connectivity index (χ3n) is 4.16. The molecule has 1 aromatic rings. The smallest absolute Gasteiger partial charge is 0.224 e. The second kappa shape index (κ2) is 4.93. The van der Waals surface area contributed by atoms with Crippen molar-refractivity contribution in [3.05, 3.63) is 29.3 Å². The fraction of sp³-hybridized carbons (Fsp3) is 0.533. The Kier molecular flexibility index (Phi) is 3.29. The molecule has 3 rings (SSSR count). The number of aryl methyl sites for hydroxylation is 1. The van der Waals surface area contributed by atoms with Crippen LogP contribution in [0.1, 0.15) is 48.6 Å². The molecule has 1 heterocycles. The number of alkyl halides is 1. The first-order valence-corrected chi connectivity index (χ1v) is 7.24. The van der Waals surface area contributed by atoms with E-state index in [-0.39, 0.29) is 11.3 Å². The molecule has 0 saturated heterocycles. The van der Waals surface area contributed by atoms with Gasteiger partial charge in [-0.15, -0.1) is 11.6 Å². The molecule has 96 valence electrons. The van der Waals surface area contributed by atoms with E-state index in [2.05, 4.69) is 17.4 Å². The van der Waals surface area contributed by atoms with Crippen LogP contribution in [0.3, 0.4) is 0 Å². The number of hydrogen-bond donors (Lipinski definition) is 1. The predicted octanol–water partition coefficient (Wildman–Crippen LogP) is 4.04. The number of rotatable bonds is 2. The quantitative estimate of drug-likeness (QED) is 0.802. The van der Waals surface area contributed by atoms with Crippen molar-refractivity contribution < 1.29 is 4.79 Å². The van der Waals surface area contributed by atoms with Gasteiger partial charge in [-0.05, 0) is 42.4 Å². The minimum Gasteiger partial charge on any atom is -0.326 e. The molecule has 0 spiro atoms. The Morgan fingerprint density at radius 1 is 1.22 bits per heavy atom. The van der Waals surface area contributed by atoms with Crippen LogP contribution < -0.4 is 5.32 Å². The lowest BCUT2D eigenvalue weighted by Gasteiger charge is -2.21. The summed E-state index contributed by atoms with van der Waals surface area (Å²) in [6.07, 6.45) is 6.56. The van der Waals surface area contributed by atoms with Crippen molar-refractivity contribution in [2.24, 2.45) is 5.92 Å². The Bertz CT molecular complexity index is 466. The molecule has 2 nitrogen and oxygen atoms in total. The normalized spacial score (nSPS) is 21.5. The first kappa shape index (κ1) is 12.0. The molecular formula is C15H18ClNO. The summed E-state index contributed by atoms with van der Waals surface area (Å²) in [6.45, 7) is 0. The van der Waals surface area contributed by atoms with Crippen molar-refractivity contribution in [2.45, 2.75) is 43.9 Å². The summed E-state index contributed by atoms with van der Waals surface area (Å²) in [5.41, 5.74) is 3.42. The van der Waals surface area contributed by atoms with Gasteiger partial charge in [-0.1, -0.05) is 25.0 Å². The van der Waals surface area contributed by atoms with Crippen molar-refractivity contribution in [1.82, 2.24) is 0 Å². The van der Waals surface area contributed by atoms with Crippen LogP contribution in [0.2, 0.25) is 0 Å². The third kappa shape index (κ3) is 2.26. The molecule has 1 amide bonds. The summed E-state index contributed by atoms with van der Waals surface area (Å²) < 4.78 is 0. The molecule has 1 atom stereocenters. The lowest BCUT2D eigenvalue weighted by Crippen LogP contribution is -2.19. The van der Waals surface area contributed by atoms with Gasteiger partial charge in [-0.2, -0.15) is 0 Å². The fourth-order valence-corrected chi connectivity index (χ4v) is 3.48. The van der Waals surface area contributed by atoms with E-state index in [0.717, 1.165) is 12.1 Å². The Hall–Kier alpha value is -1.02. The van der Waals surface area contributed by atoms with Crippen LogP contribution in [0.15, 0.2) is 18.2 Å². The van der Waals surface area contributed by atoms with E-state index in [9.17, 15) is 4.79 Å². The largest absolute Gasteiger partial charge is 0.326 e. The third-order valence-corrected chi connectivity index (χ3v) is 4.77. The highest BCUT2D eigenvalue weighted by Crippen LogP contribution is 2.41. The van der Waals surface area contributed by atoms with Crippen molar-refractivity contribution in [2.75, 3.05) is 5.32 Å². The van der Waals surface area contributed by atoms with Gasteiger partial charge in [0.1, 0.15) is 0 Å². The number of anilines is 1. The summed E-state index contributed by atoms with van der Waals surface area (Å²) in [6, 6.07) is 6.26. The molecule has 1 aliphatic heterocycles. The molecule has 0 radical (unpaired) electrons. The van der Waals surface area contributed by atoms with Gasteiger partial charge >= 0.3 is 0 Å². The maximum absolute atomic E-state index is 11.3. The van der Waals surface area contributed by atoms with Crippen LogP contribution in [0.25, 0.3) is 0 Å². The molecule has 1 fully saturated rings. The number of benzene rings is 1. The molecule has 1 aromatic carbocycles. The molecule has 1 N–H and O–H groups in total. The second-order valence-electron chi connectivity index (χ2n) is 5.41. The maximum Gasteiger partial charge on any atom is 0.224 e. The molecule has 18 heavy (non-hydrogen) atoms. The maximum atomic E-state index is 11.3. The fourth-order valence-electron chi connectivity index (χ4n) is 3.10. The Morgan fingerprint density at radius 2 is 2.00 bits per heavy atom. The topological polar surface area (TPSA) is 29.1 Å². The lowest BCUT2D eigenvalue weighted by molar-refractivity contribution is -0.116. The van der Waals surface area contributed by atoms with Crippen LogP contribution in [-0.4, -0.2) is 5.91 Å². The molecular weight excluding hydrogens is 246 g/mol.